The number of hydrogen-bond acceptors (Lipinski definition) is 4. The van der Waals surface area contributed by atoms with E-state index in [1.807, 2.05) is 0 Å². The van der Waals surface area contributed by atoms with Crippen molar-refractivity contribution >= 4 is 11.3 Å². The van der Waals surface area contributed by atoms with Crippen molar-refractivity contribution in [2.75, 3.05) is 19.6 Å². The third kappa shape index (κ3) is 3.83. The van der Waals surface area contributed by atoms with Gasteiger partial charge in [0.15, 0.2) is 0 Å². The van der Waals surface area contributed by atoms with Gasteiger partial charge in [-0.3, -0.25) is 4.90 Å². The maximum atomic E-state index is 9.60. The van der Waals surface area contributed by atoms with Gasteiger partial charge < -0.3 is 10.8 Å². The summed E-state index contributed by atoms with van der Waals surface area (Å²) in [5.41, 5.74) is 6.39. The van der Waals surface area contributed by atoms with E-state index in [-0.39, 0.29) is 6.10 Å². The maximum Gasteiger partial charge on any atom is 0.0667 e. The summed E-state index contributed by atoms with van der Waals surface area (Å²) < 4.78 is 0. The van der Waals surface area contributed by atoms with E-state index < -0.39 is 0 Å². The number of β-amino-alcohol motifs (C(OH)–C–C–N with tert-alkyl or cyclic N) is 1. The Labute approximate surface area is 106 Å². The zero-order chi connectivity index (χ0) is 12.1. The van der Waals surface area contributed by atoms with Crippen molar-refractivity contribution in [2.45, 2.75) is 25.5 Å². The molecule has 4 heteroatoms. The van der Waals surface area contributed by atoms with E-state index in [1.165, 1.54) is 4.88 Å². The van der Waals surface area contributed by atoms with Gasteiger partial charge in [0, 0.05) is 28.9 Å². The van der Waals surface area contributed by atoms with Gasteiger partial charge >= 0.3 is 0 Å². The van der Waals surface area contributed by atoms with Crippen molar-refractivity contribution in [3.8, 4) is 11.8 Å². The van der Waals surface area contributed by atoms with Crippen LogP contribution in [0.1, 0.15) is 23.3 Å². The number of likely N-dealkylation sites (tertiary alicyclic amines) is 1. The van der Waals surface area contributed by atoms with Gasteiger partial charge in [-0.25, -0.2) is 0 Å². The summed E-state index contributed by atoms with van der Waals surface area (Å²) in [5, 5.41) is 11.7. The summed E-state index contributed by atoms with van der Waals surface area (Å²) in [7, 11) is 0. The summed E-state index contributed by atoms with van der Waals surface area (Å²) >= 11 is 1.73. The normalized spacial score (nSPS) is 20.9. The number of rotatable bonds is 2. The fourth-order valence-electron chi connectivity index (χ4n) is 2.08. The third-order valence-electron chi connectivity index (χ3n) is 2.85. The number of aliphatic hydroxyl groups is 1. The van der Waals surface area contributed by atoms with Crippen LogP contribution in [0, 0.1) is 11.8 Å². The second kappa shape index (κ2) is 6.18. The molecule has 1 aromatic heterocycles. The molecule has 1 atom stereocenters. The molecule has 0 radical (unpaired) electrons. The molecular weight excluding hydrogens is 232 g/mol. The molecule has 0 bridgehead atoms. The number of piperidine rings is 1. The molecule has 2 heterocycles. The van der Waals surface area contributed by atoms with E-state index >= 15 is 0 Å². The quantitative estimate of drug-likeness (QED) is 0.770. The average Bonchev–Trinajstić information content (AvgIpc) is 2.74. The molecule has 1 unspecified atom stereocenters. The highest BCUT2D eigenvalue weighted by Crippen LogP contribution is 2.19. The summed E-state index contributed by atoms with van der Waals surface area (Å²) in [5.74, 6) is 5.90. The second-order valence-corrected chi connectivity index (χ2v) is 5.33. The van der Waals surface area contributed by atoms with Gasteiger partial charge in [0.1, 0.15) is 0 Å². The Morgan fingerprint density at radius 3 is 3.24 bits per heavy atom. The molecule has 1 fully saturated rings. The lowest BCUT2D eigenvalue weighted by atomic mass is 10.1. The summed E-state index contributed by atoms with van der Waals surface area (Å²) in [4.78, 5) is 3.61. The van der Waals surface area contributed by atoms with Crippen LogP contribution >= 0.6 is 11.3 Å². The van der Waals surface area contributed by atoms with Gasteiger partial charge in [-0.1, -0.05) is 11.8 Å². The van der Waals surface area contributed by atoms with Crippen molar-refractivity contribution < 1.29 is 5.11 Å². The number of hydrogen-bond donors (Lipinski definition) is 2. The first-order chi connectivity index (χ1) is 8.28. The minimum Gasteiger partial charge on any atom is -0.392 e. The molecule has 3 nitrogen and oxygen atoms in total. The van der Waals surface area contributed by atoms with Gasteiger partial charge in [0.2, 0.25) is 0 Å². The zero-order valence-corrected chi connectivity index (χ0v) is 10.7. The Bertz CT molecular complexity index is 419. The molecule has 17 heavy (non-hydrogen) atoms. The van der Waals surface area contributed by atoms with Crippen LogP contribution in [0.5, 0.6) is 0 Å². The van der Waals surface area contributed by atoms with Gasteiger partial charge in [-0.15, -0.1) is 11.3 Å². The molecule has 0 aromatic carbocycles. The van der Waals surface area contributed by atoms with Crippen LogP contribution in [0.15, 0.2) is 11.4 Å². The Kier molecular flexibility index (Phi) is 4.57. The van der Waals surface area contributed by atoms with E-state index in [9.17, 15) is 5.11 Å². The topological polar surface area (TPSA) is 49.5 Å². The van der Waals surface area contributed by atoms with Crippen molar-refractivity contribution in [3.05, 3.63) is 21.9 Å². The van der Waals surface area contributed by atoms with Crippen LogP contribution in [0.2, 0.25) is 0 Å². The Morgan fingerprint density at radius 2 is 2.47 bits per heavy atom. The smallest absolute Gasteiger partial charge is 0.0667 e. The first kappa shape index (κ1) is 12.6. The van der Waals surface area contributed by atoms with Crippen LogP contribution < -0.4 is 5.73 Å². The Balaban J connectivity index is 1.92. The largest absolute Gasteiger partial charge is 0.392 e. The SMILES string of the molecule is NCC#Cc1csc(CN2CCCC(O)C2)c1. The minimum absolute atomic E-state index is 0.153. The Morgan fingerprint density at radius 1 is 1.59 bits per heavy atom. The predicted molar refractivity (Wildman–Crippen MR) is 70.8 cm³/mol. The van der Waals surface area contributed by atoms with E-state index in [1.54, 1.807) is 11.3 Å². The minimum atomic E-state index is -0.153. The summed E-state index contributed by atoms with van der Waals surface area (Å²) in [6.45, 7) is 3.20. The van der Waals surface area contributed by atoms with Crippen LogP contribution in [0.25, 0.3) is 0 Å². The maximum absolute atomic E-state index is 9.60. The highest BCUT2D eigenvalue weighted by Gasteiger charge is 2.17. The van der Waals surface area contributed by atoms with Crippen molar-refractivity contribution in [1.82, 2.24) is 4.90 Å². The molecule has 0 aliphatic carbocycles. The number of nitrogens with zero attached hydrogens (tertiary/aromatic N) is 1. The van der Waals surface area contributed by atoms with Crippen LogP contribution in [-0.2, 0) is 6.54 Å². The molecule has 1 aliphatic rings. The molecule has 3 N–H and O–H groups in total. The van der Waals surface area contributed by atoms with Crippen LogP contribution in [0.3, 0.4) is 0 Å². The number of thiophene rings is 1. The standard InChI is InChI=1S/C13H18N2OS/c14-5-1-3-11-7-13(17-10-11)9-15-6-2-4-12(16)8-15/h7,10,12,16H,2,4-6,8-9,14H2. The third-order valence-corrected chi connectivity index (χ3v) is 3.77. The zero-order valence-electron chi connectivity index (χ0n) is 9.85. The fourth-order valence-corrected chi connectivity index (χ4v) is 2.93. The van der Waals surface area contributed by atoms with Gasteiger partial charge in [0.05, 0.1) is 12.6 Å². The average molecular weight is 250 g/mol. The lowest BCUT2D eigenvalue weighted by Crippen LogP contribution is -2.37. The predicted octanol–water partition coefficient (Wildman–Crippen LogP) is 1.02. The second-order valence-electron chi connectivity index (χ2n) is 4.34. The van der Waals surface area contributed by atoms with Crippen molar-refractivity contribution in [3.63, 3.8) is 0 Å². The number of aliphatic hydroxyl groups excluding tert-OH is 1. The molecule has 2 rings (SSSR count). The van der Waals surface area contributed by atoms with Crippen molar-refractivity contribution in [2.24, 2.45) is 5.73 Å². The monoisotopic (exact) mass is 250 g/mol. The molecular formula is C13H18N2OS. The first-order valence-corrected chi connectivity index (χ1v) is 6.82. The van der Waals surface area contributed by atoms with Crippen molar-refractivity contribution in [1.29, 1.82) is 0 Å². The summed E-state index contributed by atoms with van der Waals surface area (Å²) in [6.07, 6.45) is 1.88. The van der Waals surface area contributed by atoms with Gasteiger partial charge in [-0.2, -0.15) is 0 Å². The molecule has 0 saturated carbocycles. The van der Waals surface area contributed by atoms with E-state index in [2.05, 4.69) is 28.2 Å². The molecule has 0 amide bonds. The lowest BCUT2D eigenvalue weighted by Gasteiger charge is -2.29. The summed E-state index contributed by atoms with van der Waals surface area (Å²) in [6, 6.07) is 2.12. The first-order valence-electron chi connectivity index (χ1n) is 5.94. The molecule has 1 aromatic rings. The van der Waals surface area contributed by atoms with E-state index in [4.69, 9.17) is 5.73 Å². The van der Waals surface area contributed by atoms with E-state index in [0.29, 0.717) is 6.54 Å². The molecule has 1 aliphatic heterocycles. The fraction of sp³-hybridized carbons (Fsp3) is 0.538. The lowest BCUT2D eigenvalue weighted by molar-refractivity contribution is 0.0673. The Hall–Kier alpha value is -0.860. The van der Waals surface area contributed by atoms with Gasteiger partial charge in [-0.05, 0) is 25.5 Å². The number of nitrogens with two attached hydrogens (primary N) is 1. The van der Waals surface area contributed by atoms with Crippen LogP contribution in [0.4, 0.5) is 0 Å². The van der Waals surface area contributed by atoms with E-state index in [0.717, 1.165) is 38.0 Å². The highest BCUT2D eigenvalue weighted by atomic mass is 32.1. The van der Waals surface area contributed by atoms with Gasteiger partial charge in [0.25, 0.3) is 0 Å². The molecule has 0 spiro atoms. The molecule has 1 saturated heterocycles. The van der Waals surface area contributed by atoms with Crippen LogP contribution in [-0.4, -0.2) is 35.7 Å². The highest BCUT2D eigenvalue weighted by molar-refractivity contribution is 7.10. The molecule has 92 valence electrons.